The molecule has 0 aliphatic heterocycles. The third-order valence-electron chi connectivity index (χ3n) is 5.39. The van der Waals surface area contributed by atoms with Crippen LogP contribution in [0, 0.1) is 0 Å². The van der Waals surface area contributed by atoms with E-state index < -0.39 is 5.97 Å². The van der Waals surface area contributed by atoms with E-state index in [4.69, 9.17) is 18.9 Å². The predicted molar refractivity (Wildman–Crippen MR) is 128 cm³/mol. The molecule has 5 rings (SSSR count). The zero-order valence-corrected chi connectivity index (χ0v) is 18.9. The molecule has 35 heavy (non-hydrogen) atoms. The maximum absolute atomic E-state index is 11.2. The molecule has 0 bridgehead atoms. The van der Waals surface area contributed by atoms with Gasteiger partial charge in [0, 0.05) is 18.2 Å². The van der Waals surface area contributed by atoms with Gasteiger partial charge < -0.3 is 24.3 Å². The highest BCUT2D eigenvalue weighted by molar-refractivity contribution is 5.88. The van der Waals surface area contributed by atoms with Crippen LogP contribution in [0.1, 0.15) is 15.9 Å². The molecule has 3 heterocycles. The van der Waals surface area contributed by atoms with E-state index in [1.165, 1.54) is 0 Å². The maximum Gasteiger partial charge on any atom is 0.335 e. The minimum Gasteiger partial charge on any atom is -0.493 e. The monoisotopic (exact) mass is 471 g/mol. The number of anilines is 1. The van der Waals surface area contributed by atoms with Gasteiger partial charge >= 0.3 is 5.97 Å². The predicted octanol–water partition coefficient (Wildman–Crippen LogP) is 4.38. The number of carbonyl (C=O) groups is 1. The molecule has 0 amide bonds. The van der Waals surface area contributed by atoms with Gasteiger partial charge in [-0.2, -0.15) is 4.52 Å². The van der Waals surface area contributed by atoms with Crippen LogP contribution in [0.3, 0.4) is 0 Å². The molecule has 2 N–H and O–H groups in total. The summed E-state index contributed by atoms with van der Waals surface area (Å²) in [6.07, 6.45) is 1.56. The summed E-state index contributed by atoms with van der Waals surface area (Å²) in [7, 11) is 3.18. The molecule has 0 saturated heterocycles. The lowest BCUT2D eigenvalue weighted by molar-refractivity contribution is 0.0697. The highest BCUT2D eigenvalue weighted by Gasteiger charge is 2.16. The van der Waals surface area contributed by atoms with Crippen LogP contribution in [-0.2, 0) is 6.54 Å². The van der Waals surface area contributed by atoms with Crippen molar-refractivity contribution in [3.8, 4) is 34.3 Å². The van der Waals surface area contributed by atoms with Gasteiger partial charge in [0.1, 0.15) is 0 Å². The molecule has 0 atom stereocenters. The molecule has 10 nitrogen and oxygen atoms in total. The summed E-state index contributed by atoms with van der Waals surface area (Å²) in [5.41, 5.74) is 3.06. The molecule has 0 fully saturated rings. The van der Waals surface area contributed by atoms with Crippen LogP contribution < -0.4 is 14.8 Å². The van der Waals surface area contributed by atoms with Gasteiger partial charge in [0.2, 0.25) is 11.8 Å². The van der Waals surface area contributed by atoms with Gasteiger partial charge in [-0.05, 0) is 42.0 Å². The van der Waals surface area contributed by atoms with Crippen LogP contribution >= 0.6 is 0 Å². The first-order chi connectivity index (χ1) is 17.1. The smallest absolute Gasteiger partial charge is 0.335 e. The number of carboxylic acid groups (broad SMARTS) is 1. The number of fused-ring (bicyclic) bond motifs is 1. The number of methoxy groups -OCH3 is 2. The first-order valence-corrected chi connectivity index (χ1v) is 10.7. The van der Waals surface area contributed by atoms with Crippen molar-refractivity contribution < 1.29 is 23.8 Å². The summed E-state index contributed by atoms with van der Waals surface area (Å²) in [5, 5.41) is 17.1. The zero-order valence-electron chi connectivity index (χ0n) is 18.9. The maximum atomic E-state index is 11.2. The van der Waals surface area contributed by atoms with Crippen molar-refractivity contribution in [2.24, 2.45) is 0 Å². The van der Waals surface area contributed by atoms with Crippen molar-refractivity contribution in [1.29, 1.82) is 0 Å². The Bertz CT molecular complexity index is 1490. The van der Waals surface area contributed by atoms with Crippen molar-refractivity contribution in [3.05, 3.63) is 78.1 Å². The van der Waals surface area contributed by atoms with Crippen LogP contribution in [0.15, 0.2) is 71.3 Å². The second-order valence-corrected chi connectivity index (χ2v) is 7.57. The van der Waals surface area contributed by atoms with E-state index in [0.717, 1.165) is 11.1 Å². The average Bonchev–Trinajstić information content (AvgIpc) is 3.57. The van der Waals surface area contributed by atoms with Gasteiger partial charge in [0.25, 0.3) is 0 Å². The lowest BCUT2D eigenvalue weighted by Gasteiger charge is -2.12. The molecule has 10 heteroatoms. The second kappa shape index (κ2) is 9.18. The number of aromatic nitrogens is 4. The number of furan rings is 1. The fourth-order valence-corrected chi connectivity index (χ4v) is 3.62. The normalized spacial score (nSPS) is 10.9. The number of benzene rings is 2. The highest BCUT2D eigenvalue weighted by Crippen LogP contribution is 2.28. The minimum atomic E-state index is -0.988. The summed E-state index contributed by atoms with van der Waals surface area (Å²) < 4.78 is 17.8. The number of carboxylic acids is 1. The lowest BCUT2D eigenvalue weighted by atomic mass is 10.1. The summed E-state index contributed by atoms with van der Waals surface area (Å²) >= 11 is 0. The second-order valence-electron chi connectivity index (χ2n) is 7.57. The van der Waals surface area contributed by atoms with Gasteiger partial charge in [-0.15, -0.1) is 5.10 Å². The Morgan fingerprint density at radius 1 is 1.03 bits per heavy atom. The van der Waals surface area contributed by atoms with Crippen molar-refractivity contribution >= 4 is 17.6 Å². The first kappa shape index (κ1) is 22.0. The average molecular weight is 471 g/mol. The van der Waals surface area contributed by atoms with Gasteiger partial charge in [-0.3, -0.25) is 0 Å². The first-order valence-electron chi connectivity index (χ1n) is 10.7. The van der Waals surface area contributed by atoms with Gasteiger partial charge in [0.05, 0.1) is 31.7 Å². The van der Waals surface area contributed by atoms with Gasteiger partial charge in [0.15, 0.2) is 22.9 Å². The van der Waals surface area contributed by atoms with E-state index >= 15 is 0 Å². The molecule has 0 saturated carbocycles. The Hall–Kier alpha value is -4.86. The Balaban J connectivity index is 1.54. The molecule has 2 aromatic carbocycles. The van der Waals surface area contributed by atoms with E-state index in [-0.39, 0.29) is 5.56 Å². The van der Waals surface area contributed by atoms with Crippen molar-refractivity contribution in [2.45, 2.75) is 6.54 Å². The van der Waals surface area contributed by atoms with Crippen molar-refractivity contribution in [1.82, 2.24) is 19.6 Å². The Morgan fingerprint density at radius 3 is 2.51 bits per heavy atom. The number of rotatable bonds is 8. The van der Waals surface area contributed by atoms with Crippen LogP contribution in [0.25, 0.3) is 28.5 Å². The molecule has 176 valence electrons. The summed E-state index contributed by atoms with van der Waals surface area (Å²) in [6.45, 7) is 0.430. The Kier molecular flexibility index (Phi) is 5.76. The molecule has 0 aliphatic carbocycles. The summed E-state index contributed by atoms with van der Waals surface area (Å²) in [4.78, 5) is 20.6. The highest BCUT2D eigenvalue weighted by atomic mass is 16.5. The molecular formula is C25H21N5O5. The third kappa shape index (κ3) is 4.36. The van der Waals surface area contributed by atoms with Crippen molar-refractivity contribution in [3.63, 3.8) is 0 Å². The van der Waals surface area contributed by atoms with E-state index in [1.807, 2.05) is 18.2 Å². The third-order valence-corrected chi connectivity index (χ3v) is 5.39. The Morgan fingerprint density at radius 2 is 1.83 bits per heavy atom. The van der Waals surface area contributed by atoms with Crippen LogP contribution in [0.2, 0.25) is 0 Å². The number of hydrogen-bond acceptors (Lipinski definition) is 8. The van der Waals surface area contributed by atoms with Crippen LogP contribution in [0.5, 0.6) is 11.5 Å². The topological polar surface area (TPSA) is 124 Å². The quantitative estimate of drug-likeness (QED) is 0.339. The van der Waals surface area contributed by atoms with E-state index in [2.05, 4.69) is 15.4 Å². The van der Waals surface area contributed by atoms with E-state index in [9.17, 15) is 9.90 Å². The largest absolute Gasteiger partial charge is 0.493 e. The number of aromatic carboxylic acids is 1. The number of nitrogens with one attached hydrogen (secondary N) is 1. The standard InChI is InChI=1S/C25H21N5O5/c1-33-19-10-5-15(12-21(19)34-2)14-26-25-27-18(16-6-8-17(9-7-16)24(31)32)13-22-28-23(29-30(22)25)20-4-3-11-35-20/h3-13H,14H2,1-2H3,(H,26,27)(H,31,32). The SMILES string of the molecule is COc1ccc(CNc2nc(-c3ccc(C(=O)O)cc3)cc3nc(-c4ccco4)nn23)cc1OC. The minimum absolute atomic E-state index is 0.198. The van der Waals surface area contributed by atoms with Crippen LogP contribution in [0.4, 0.5) is 5.95 Å². The molecule has 5 aromatic rings. The fraction of sp³-hybridized carbons (Fsp3) is 0.120. The molecule has 0 spiro atoms. The molecular weight excluding hydrogens is 450 g/mol. The molecule has 0 aliphatic rings. The van der Waals surface area contributed by atoms with Gasteiger partial charge in [-0.25, -0.2) is 14.8 Å². The molecule has 0 radical (unpaired) electrons. The molecule has 0 unspecified atom stereocenters. The number of ether oxygens (including phenoxy) is 2. The van der Waals surface area contributed by atoms with E-state index in [0.29, 0.717) is 46.9 Å². The van der Waals surface area contributed by atoms with E-state index in [1.54, 1.807) is 67.5 Å². The molecule has 3 aromatic heterocycles. The summed E-state index contributed by atoms with van der Waals surface area (Å²) in [5.74, 6) is 1.69. The zero-order chi connectivity index (χ0) is 24.4. The van der Waals surface area contributed by atoms with Crippen LogP contribution in [-0.4, -0.2) is 44.9 Å². The number of hydrogen-bond donors (Lipinski definition) is 2. The fourth-order valence-electron chi connectivity index (χ4n) is 3.62. The number of nitrogens with zero attached hydrogens (tertiary/aromatic N) is 4. The van der Waals surface area contributed by atoms with Gasteiger partial charge in [-0.1, -0.05) is 18.2 Å². The Labute approximate surface area is 199 Å². The summed E-state index contributed by atoms with van der Waals surface area (Å²) in [6, 6.07) is 17.5. The van der Waals surface area contributed by atoms with Crippen molar-refractivity contribution in [2.75, 3.05) is 19.5 Å². The lowest BCUT2D eigenvalue weighted by Crippen LogP contribution is -2.08.